The molecule has 6 heteroatoms. The Balaban J connectivity index is 1.19. The van der Waals surface area contributed by atoms with E-state index in [2.05, 4.69) is 238 Å². The minimum Gasteiger partial charge on any atom is -0.455 e. The van der Waals surface area contributed by atoms with Crippen LogP contribution in [-0.2, 0) is 0 Å². The molecular formula is C72H66B2N2O2. The number of para-hydroxylation sites is 4. The molecule has 13 aromatic rings. The van der Waals surface area contributed by atoms with E-state index in [-0.39, 0.29) is 37.1 Å². The summed E-state index contributed by atoms with van der Waals surface area (Å²) in [6.45, 7) is 28.5. The maximum atomic E-state index is 7.11. The van der Waals surface area contributed by atoms with E-state index in [9.17, 15) is 0 Å². The van der Waals surface area contributed by atoms with Gasteiger partial charge in [-0.05, 0) is 127 Å². The van der Waals surface area contributed by atoms with Crippen molar-refractivity contribution >= 4 is 134 Å². The fraction of sp³-hybridized carbons (Fsp3) is 0.250. The molecule has 4 nitrogen and oxygen atoms in total. The molecule has 0 spiro atoms. The summed E-state index contributed by atoms with van der Waals surface area (Å²) in [7, 11) is 0. The summed E-state index contributed by atoms with van der Waals surface area (Å²) in [6, 6.07) is 56.3. The van der Waals surface area contributed by atoms with Crippen molar-refractivity contribution in [2.75, 3.05) is 0 Å². The van der Waals surface area contributed by atoms with Crippen LogP contribution >= 0.6 is 0 Å². The van der Waals surface area contributed by atoms with Crippen LogP contribution in [0.3, 0.4) is 0 Å². The topological polar surface area (TPSA) is 36.1 Å². The fourth-order valence-electron chi connectivity index (χ4n) is 14.8. The minimum absolute atomic E-state index is 0.100. The summed E-state index contributed by atoms with van der Waals surface area (Å²) in [5.41, 5.74) is 28.0. The van der Waals surface area contributed by atoms with E-state index in [0.717, 1.165) is 33.1 Å². The van der Waals surface area contributed by atoms with Crippen molar-refractivity contribution in [1.82, 2.24) is 9.13 Å². The Morgan fingerprint density at radius 1 is 0.333 bits per heavy atom. The van der Waals surface area contributed by atoms with E-state index < -0.39 is 0 Å². The maximum Gasteiger partial charge on any atom is 0.247 e. The van der Waals surface area contributed by atoms with E-state index in [1.165, 1.54) is 132 Å². The molecule has 4 aromatic heterocycles. The van der Waals surface area contributed by atoms with Gasteiger partial charge in [0.15, 0.2) is 0 Å². The van der Waals surface area contributed by atoms with E-state index in [0.29, 0.717) is 11.8 Å². The van der Waals surface area contributed by atoms with Gasteiger partial charge in [-0.1, -0.05) is 203 Å². The van der Waals surface area contributed by atoms with Gasteiger partial charge < -0.3 is 18.0 Å². The Morgan fingerprint density at radius 2 is 0.667 bits per heavy atom. The number of furan rings is 2. The molecule has 0 aliphatic carbocycles. The number of benzene rings is 9. The lowest BCUT2D eigenvalue weighted by molar-refractivity contribution is 0.672. The summed E-state index contributed by atoms with van der Waals surface area (Å²) in [5.74, 6) is 1.92. The molecule has 15 rings (SSSR count). The van der Waals surface area contributed by atoms with Crippen molar-refractivity contribution in [3.8, 4) is 11.4 Å². The number of fused-ring (bicyclic) bond motifs is 18. The van der Waals surface area contributed by atoms with Gasteiger partial charge in [0, 0.05) is 43.7 Å². The van der Waals surface area contributed by atoms with Crippen LogP contribution in [-0.4, -0.2) is 22.6 Å². The zero-order chi connectivity index (χ0) is 53.5. The highest BCUT2D eigenvalue weighted by Gasteiger charge is 2.44. The molecule has 78 heavy (non-hydrogen) atoms. The smallest absolute Gasteiger partial charge is 0.247 e. The third-order valence-corrected chi connectivity index (χ3v) is 18.5. The zero-order valence-electron chi connectivity index (χ0n) is 47.2. The van der Waals surface area contributed by atoms with Crippen LogP contribution < -0.4 is 32.8 Å². The first-order valence-corrected chi connectivity index (χ1v) is 29.0. The minimum atomic E-state index is -0.100. The first-order valence-electron chi connectivity index (χ1n) is 29.0. The van der Waals surface area contributed by atoms with E-state index in [4.69, 9.17) is 8.83 Å². The molecule has 0 fully saturated rings. The number of hydrogen-bond donors (Lipinski definition) is 0. The van der Waals surface area contributed by atoms with Gasteiger partial charge >= 0.3 is 0 Å². The van der Waals surface area contributed by atoms with Crippen LogP contribution in [0.5, 0.6) is 0 Å². The second-order valence-electron chi connectivity index (χ2n) is 25.0. The van der Waals surface area contributed by atoms with Crippen molar-refractivity contribution in [1.29, 1.82) is 0 Å². The Hall–Kier alpha value is -7.69. The molecule has 0 N–H and O–H groups in total. The van der Waals surface area contributed by atoms with Gasteiger partial charge in [-0.25, -0.2) is 0 Å². The van der Waals surface area contributed by atoms with Gasteiger partial charge in [-0.3, -0.25) is 0 Å². The zero-order valence-corrected chi connectivity index (χ0v) is 47.2. The van der Waals surface area contributed by atoms with Crippen molar-refractivity contribution in [3.63, 3.8) is 0 Å². The second kappa shape index (κ2) is 16.9. The van der Waals surface area contributed by atoms with Gasteiger partial charge in [0.1, 0.15) is 22.3 Å². The quantitative estimate of drug-likeness (QED) is 0.142. The Morgan fingerprint density at radius 3 is 1.01 bits per heavy atom. The van der Waals surface area contributed by atoms with E-state index >= 15 is 0 Å². The fourth-order valence-corrected chi connectivity index (χ4v) is 14.8. The molecule has 0 bridgehead atoms. The molecule has 2 aliphatic heterocycles. The van der Waals surface area contributed by atoms with Crippen LogP contribution in [0.15, 0.2) is 154 Å². The molecule has 382 valence electrons. The lowest BCUT2D eigenvalue weighted by Crippen LogP contribution is -2.61. The summed E-state index contributed by atoms with van der Waals surface area (Å²) in [4.78, 5) is 0. The standard InChI is InChI=1S/C72H66B2N2O2/c1-37(2)43-29-49(39(5)6)67(50(30-43)40(7)8)73-55-35-62-56(36-61(55)75-59-25-17-13-23-47(59)65-69(75)57(73)33-53-45-21-15-19-27-63(45)77-71(53)65)74(68-51(41(9)10)31-44(38(3)4)32-52(68)42(11)12)58-34-54-46-22-16-20-28-64(46)78-72(54)66-48-24-14-18-26-60(48)76(62)70(58)66/h13-42H,1-12H3. The molecule has 0 atom stereocenters. The average Bonchev–Trinajstić information content (AvgIpc) is 4.27. The van der Waals surface area contributed by atoms with Gasteiger partial charge in [0.05, 0.1) is 32.8 Å². The van der Waals surface area contributed by atoms with Crippen LogP contribution in [0.1, 0.15) is 152 Å². The van der Waals surface area contributed by atoms with Crippen LogP contribution in [0, 0.1) is 0 Å². The van der Waals surface area contributed by atoms with Gasteiger partial charge in [0.25, 0.3) is 0 Å². The number of hydrogen-bond acceptors (Lipinski definition) is 2. The van der Waals surface area contributed by atoms with Gasteiger partial charge in [-0.15, -0.1) is 0 Å². The number of nitrogens with zero attached hydrogens (tertiary/aromatic N) is 2. The van der Waals surface area contributed by atoms with Gasteiger partial charge in [0.2, 0.25) is 13.4 Å². The molecule has 0 saturated carbocycles. The molecule has 0 radical (unpaired) electrons. The molecular weight excluding hydrogens is 946 g/mol. The lowest BCUT2D eigenvalue weighted by Gasteiger charge is -2.36. The molecule has 2 aliphatic rings. The predicted octanol–water partition coefficient (Wildman–Crippen LogP) is 16.1. The normalized spacial score (nSPS) is 13.5. The average molecular weight is 1010 g/mol. The lowest BCUT2D eigenvalue weighted by atomic mass is 9.31. The van der Waals surface area contributed by atoms with E-state index in [1.807, 2.05) is 0 Å². The summed E-state index contributed by atoms with van der Waals surface area (Å²) < 4.78 is 19.5. The largest absolute Gasteiger partial charge is 0.455 e. The van der Waals surface area contributed by atoms with Crippen molar-refractivity contribution in [2.45, 2.75) is 119 Å². The molecule has 0 unspecified atom stereocenters. The van der Waals surface area contributed by atoms with Crippen molar-refractivity contribution in [3.05, 3.63) is 179 Å². The Bertz CT molecular complexity index is 4360. The SMILES string of the molecule is CC(C)c1cc(C(C)C)c(B2c3cc4c(cc3-n3c5ccccc5c5c6oc7ccccc7c6cc2c53)B(c2c(C(C)C)cc(C(C)C)cc2C(C)C)c2cc3c5ccccc5oc3c3c5ccccc5n-4c23)c(C(C)C)c1. The number of aromatic nitrogens is 2. The highest BCUT2D eigenvalue weighted by atomic mass is 16.3. The van der Waals surface area contributed by atoms with Crippen LogP contribution in [0.2, 0.25) is 0 Å². The van der Waals surface area contributed by atoms with Crippen molar-refractivity contribution in [2.24, 2.45) is 0 Å². The van der Waals surface area contributed by atoms with Crippen LogP contribution in [0.4, 0.5) is 0 Å². The Labute approximate surface area is 458 Å². The first kappa shape index (κ1) is 47.5. The third-order valence-electron chi connectivity index (χ3n) is 18.5. The molecule has 6 heterocycles. The molecule has 0 saturated heterocycles. The van der Waals surface area contributed by atoms with E-state index in [1.54, 1.807) is 0 Å². The first-order chi connectivity index (χ1) is 37.7. The maximum absolute atomic E-state index is 7.11. The monoisotopic (exact) mass is 1010 g/mol. The molecule has 0 amide bonds. The summed E-state index contributed by atoms with van der Waals surface area (Å²) in [5, 5.41) is 9.48. The Kier molecular flexibility index (Phi) is 10.3. The van der Waals surface area contributed by atoms with Crippen molar-refractivity contribution < 1.29 is 8.83 Å². The number of rotatable bonds is 8. The third kappa shape index (κ3) is 6.38. The highest BCUT2D eigenvalue weighted by molar-refractivity contribution is 7.00. The molecule has 9 aromatic carbocycles. The van der Waals surface area contributed by atoms with Gasteiger partial charge in [-0.2, -0.15) is 0 Å². The predicted molar refractivity (Wildman–Crippen MR) is 336 cm³/mol. The van der Waals surface area contributed by atoms with Crippen LogP contribution in [0.25, 0.3) is 98.9 Å². The second-order valence-corrected chi connectivity index (χ2v) is 25.0. The highest BCUT2D eigenvalue weighted by Crippen LogP contribution is 2.45. The summed E-state index contributed by atoms with van der Waals surface area (Å²) >= 11 is 0. The summed E-state index contributed by atoms with van der Waals surface area (Å²) in [6.07, 6.45) is 0.